The van der Waals surface area contributed by atoms with E-state index in [1.165, 1.54) is 11.3 Å². The van der Waals surface area contributed by atoms with Crippen molar-refractivity contribution in [2.75, 3.05) is 5.73 Å². The van der Waals surface area contributed by atoms with Crippen LogP contribution in [0.15, 0.2) is 5.38 Å². The number of hydrogen-bond acceptors (Lipinski definition) is 6. The molecule has 7 heteroatoms. The van der Waals surface area contributed by atoms with Crippen LogP contribution in [-0.4, -0.2) is 16.1 Å². The van der Waals surface area contributed by atoms with Crippen molar-refractivity contribution >= 4 is 22.4 Å². The van der Waals surface area contributed by atoms with Crippen LogP contribution in [-0.2, 0) is 4.79 Å². The minimum Gasteiger partial charge on any atom is -0.375 e. The highest BCUT2D eigenvalue weighted by atomic mass is 32.1. The number of nitrogens with one attached hydrogen (secondary N) is 1. The van der Waals surface area contributed by atoms with Gasteiger partial charge in [-0.2, -0.15) is 5.48 Å². The molecule has 1 aromatic heterocycles. The first-order valence-corrected chi connectivity index (χ1v) is 3.93. The lowest BCUT2D eigenvalue weighted by atomic mass is 10.2. The average Bonchev–Trinajstić information content (AvgIpc) is 2.37. The van der Waals surface area contributed by atoms with E-state index in [4.69, 9.17) is 16.7 Å². The third kappa shape index (κ3) is 1.70. The average molecular weight is 188 g/mol. The van der Waals surface area contributed by atoms with E-state index in [2.05, 4.69) is 4.98 Å². The minimum atomic E-state index is -0.987. The molecule has 1 amide bonds. The number of nitrogens with zero attached hydrogens (tertiary/aromatic N) is 1. The Bertz CT molecular complexity index is 287. The van der Waals surface area contributed by atoms with Gasteiger partial charge in [-0.05, 0) is 0 Å². The van der Waals surface area contributed by atoms with E-state index in [9.17, 15) is 4.79 Å². The molecular weight excluding hydrogens is 180 g/mol. The molecule has 1 atom stereocenters. The first kappa shape index (κ1) is 8.91. The third-order valence-electron chi connectivity index (χ3n) is 1.25. The van der Waals surface area contributed by atoms with Crippen LogP contribution in [0.3, 0.4) is 0 Å². The monoisotopic (exact) mass is 188 g/mol. The summed E-state index contributed by atoms with van der Waals surface area (Å²) in [4.78, 5) is 14.4. The van der Waals surface area contributed by atoms with E-state index >= 15 is 0 Å². The molecule has 0 spiro atoms. The fourth-order valence-corrected chi connectivity index (χ4v) is 1.30. The number of nitrogen functional groups attached to an aromatic ring is 1. The number of nitrogens with two attached hydrogens (primary N) is 2. The smallest absolute Gasteiger partial charge is 0.243 e. The number of thiazole rings is 1. The quantitative estimate of drug-likeness (QED) is 0.465. The SMILES string of the molecule is NC(=O)C(NO)c1csc(N)n1. The molecule has 0 fully saturated rings. The van der Waals surface area contributed by atoms with Gasteiger partial charge in [0.25, 0.3) is 0 Å². The lowest BCUT2D eigenvalue weighted by Crippen LogP contribution is -2.31. The van der Waals surface area contributed by atoms with Crippen molar-refractivity contribution in [2.24, 2.45) is 5.73 Å². The topological polar surface area (TPSA) is 114 Å². The van der Waals surface area contributed by atoms with Crippen LogP contribution in [0.2, 0.25) is 0 Å². The summed E-state index contributed by atoms with van der Waals surface area (Å²) in [6.45, 7) is 0. The van der Waals surface area contributed by atoms with Crippen LogP contribution in [0.4, 0.5) is 5.13 Å². The number of anilines is 1. The molecule has 1 aromatic rings. The highest BCUT2D eigenvalue weighted by Crippen LogP contribution is 2.17. The molecular formula is C5H8N4O2S. The summed E-state index contributed by atoms with van der Waals surface area (Å²) in [5.74, 6) is -0.706. The van der Waals surface area contributed by atoms with E-state index in [1.54, 1.807) is 10.9 Å². The Balaban J connectivity index is 2.87. The van der Waals surface area contributed by atoms with Gasteiger partial charge in [0, 0.05) is 5.38 Å². The fourth-order valence-electron chi connectivity index (χ4n) is 0.709. The molecule has 1 rings (SSSR count). The van der Waals surface area contributed by atoms with E-state index in [0.29, 0.717) is 10.8 Å². The Morgan fingerprint density at radius 2 is 2.50 bits per heavy atom. The second-order valence-corrected chi connectivity index (χ2v) is 2.96. The van der Waals surface area contributed by atoms with Crippen molar-refractivity contribution < 1.29 is 10.0 Å². The number of rotatable bonds is 3. The summed E-state index contributed by atoms with van der Waals surface area (Å²) in [5.41, 5.74) is 12.3. The van der Waals surface area contributed by atoms with Crippen molar-refractivity contribution in [1.82, 2.24) is 10.5 Å². The molecule has 0 radical (unpaired) electrons. The van der Waals surface area contributed by atoms with Gasteiger partial charge in [0.15, 0.2) is 11.2 Å². The number of hydroxylamine groups is 1. The minimum absolute atomic E-state index is 0.325. The van der Waals surface area contributed by atoms with Crippen molar-refractivity contribution in [1.29, 1.82) is 0 Å². The van der Waals surface area contributed by atoms with Crippen LogP contribution in [0.5, 0.6) is 0 Å². The Morgan fingerprint density at radius 3 is 2.83 bits per heavy atom. The maximum Gasteiger partial charge on any atom is 0.243 e. The Hall–Kier alpha value is -1.18. The van der Waals surface area contributed by atoms with E-state index in [-0.39, 0.29) is 0 Å². The van der Waals surface area contributed by atoms with Gasteiger partial charge < -0.3 is 16.7 Å². The first-order valence-electron chi connectivity index (χ1n) is 3.05. The zero-order chi connectivity index (χ0) is 9.14. The van der Waals surface area contributed by atoms with Crippen LogP contribution in [0.1, 0.15) is 11.7 Å². The van der Waals surface area contributed by atoms with Gasteiger partial charge >= 0.3 is 0 Å². The molecule has 1 heterocycles. The molecule has 1 unspecified atom stereocenters. The summed E-state index contributed by atoms with van der Waals surface area (Å²) in [6, 6.07) is -0.987. The van der Waals surface area contributed by atoms with Crippen LogP contribution < -0.4 is 16.9 Å². The van der Waals surface area contributed by atoms with E-state index in [0.717, 1.165) is 0 Å². The second kappa shape index (κ2) is 3.48. The number of hydrogen-bond donors (Lipinski definition) is 4. The Labute approximate surface area is 72.2 Å². The highest BCUT2D eigenvalue weighted by molar-refractivity contribution is 7.13. The van der Waals surface area contributed by atoms with Gasteiger partial charge in [-0.3, -0.25) is 4.79 Å². The van der Waals surface area contributed by atoms with Crippen molar-refractivity contribution in [2.45, 2.75) is 6.04 Å². The lowest BCUT2D eigenvalue weighted by molar-refractivity contribution is -0.122. The number of carbonyl (C=O) groups excluding carboxylic acids is 1. The molecule has 0 aromatic carbocycles. The van der Waals surface area contributed by atoms with Gasteiger partial charge in [-0.25, -0.2) is 4.98 Å². The standard InChI is InChI=1S/C5H8N4O2S/c6-4(10)3(9-11)2-1-12-5(7)8-2/h1,3,9,11H,(H2,6,10)(H2,7,8). The van der Waals surface area contributed by atoms with Crippen molar-refractivity contribution in [3.63, 3.8) is 0 Å². The van der Waals surface area contributed by atoms with Crippen LogP contribution in [0, 0.1) is 0 Å². The van der Waals surface area contributed by atoms with Crippen LogP contribution in [0.25, 0.3) is 0 Å². The van der Waals surface area contributed by atoms with E-state index in [1.807, 2.05) is 0 Å². The zero-order valence-corrected chi connectivity index (χ0v) is 6.84. The molecule has 0 aliphatic rings. The normalized spacial score (nSPS) is 12.8. The summed E-state index contributed by atoms with van der Waals surface area (Å²) >= 11 is 1.17. The number of amides is 1. The molecule has 6 nitrogen and oxygen atoms in total. The Kier molecular flexibility index (Phi) is 2.58. The summed E-state index contributed by atoms with van der Waals surface area (Å²) in [7, 11) is 0. The van der Waals surface area contributed by atoms with E-state index < -0.39 is 11.9 Å². The van der Waals surface area contributed by atoms with Crippen molar-refractivity contribution in [3.8, 4) is 0 Å². The van der Waals surface area contributed by atoms with Gasteiger partial charge in [0.05, 0.1) is 5.69 Å². The van der Waals surface area contributed by atoms with Gasteiger partial charge in [0.1, 0.15) is 0 Å². The summed E-state index contributed by atoms with van der Waals surface area (Å²) in [5, 5.41) is 10.4. The third-order valence-corrected chi connectivity index (χ3v) is 1.94. The second-order valence-electron chi connectivity index (χ2n) is 2.08. The highest BCUT2D eigenvalue weighted by Gasteiger charge is 2.18. The number of aromatic nitrogens is 1. The molecule has 66 valence electrons. The maximum absolute atomic E-state index is 10.7. The summed E-state index contributed by atoms with van der Waals surface area (Å²) in [6.07, 6.45) is 0. The van der Waals surface area contributed by atoms with Gasteiger partial charge in [-0.15, -0.1) is 11.3 Å². The molecule has 0 saturated heterocycles. The number of primary amides is 1. The zero-order valence-electron chi connectivity index (χ0n) is 6.02. The lowest BCUT2D eigenvalue weighted by Gasteiger charge is -2.06. The van der Waals surface area contributed by atoms with Gasteiger partial charge in [-0.1, -0.05) is 0 Å². The van der Waals surface area contributed by atoms with Crippen LogP contribution >= 0.6 is 11.3 Å². The Morgan fingerprint density at radius 1 is 1.83 bits per heavy atom. The first-order chi connectivity index (χ1) is 5.65. The molecule has 0 bridgehead atoms. The maximum atomic E-state index is 10.7. The molecule has 0 saturated carbocycles. The van der Waals surface area contributed by atoms with Crippen molar-refractivity contribution in [3.05, 3.63) is 11.1 Å². The molecule has 12 heavy (non-hydrogen) atoms. The number of carbonyl (C=O) groups is 1. The molecule has 0 aliphatic carbocycles. The summed E-state index contributed by atoms with van der Waals surface area (Å²) < 4.78 is 0. The molecule has 6 N–H and O–H groups in total. The predicted molar refractivity (Wildman–Crippen MR) is 43.4 cm³/mol. The van der Waals surface area contributed by atoms with Gasteiger partial charge in [0.2, 0.25) is 5.91 Å². The largest absolute Gasteiger partial charge is 0.375 e. The predicted octanol–water partition coefficient (Wildman–Crippen LogP) is -0.769. The molecule has 0 aliphatic heterocycles. The fraction of sp³-hybridized carbons (Fsp3) is 0.200.